The SMILES string of the molecule is CCC(=O)OCC(=O)C1(OC(=O)CC)[C@H](C)C[C@H]2[C@H]3[C@H]([C@@H](O)C[C@@]21C)[C@@]1(C)Cc2cnn(CC)c2C=C1C[C@H]3Cl. The number of aliphatic hydroxyl groups excluding tert-OH is 1. The first-order valence-corrected chi connectivity index (χ1v) is 15.3. The summed E-state index contributed by atoms with van der Waals surface area (Å²) in [6, 6.07) is 0. The Morgan fingerprint density at radius 3 is 2.52 bits per heavy atom. The van der Waals surface area contributed by atoms with Crippen LogP contribution in [-0.2, 0) is 36.8 Å². The number of ketones is 1. The number of aryl methyl sites for hydroxylation is 1. The summed E-state index contributed by atoms with van der Waals surface area (Å²) in [6.45, 7) is 11.9. The van der Waals surface area contributed by atoms with Crippen LogP contribution < -0.4 is 0 Å². The standard InChI is InChI=1S/C31H43ClN2O6/c1-7-25(37)39-16-24(36)31(40-26(38)8-2)17(4)10-20-27-21(32)11-19-12-22-18(15-33-34(22)9-3)13-29(19,5)28(27)23(35)14-30(20,31)6/h12,15,17,20-21,23,27-28,35H,7-11,13-14,16H2,1-6H3/t17-,20+,21-,23+,27-,28+,29+,30+,31?/m1/s1. The number of nitrogens with zero attached hydrogens (tertiary/aromatic N) is 2. The van der Waals surface area contributed by atoms with Crippen LogP contribution in [0.3, 0.4) is 0 Å². The van der Waals surface area contributed by atoms with Gasteiger partial charge >= 0.3 is 11.9 Å². The van der Waals surface area contributed by atoms with Gasteiger partial charge in [-0.3, -0.25) is 19.1 Å². The summed E-state index contributed by atoms with van der Waals surface area (Å²) in [5.41, 5.74) is 0.863. The molecule has 1 unspecified atom stereocenters. The van der Waals surface area contributed by atoms with Gasteiger partial charge in [0.25, 0.3) is 0 Å². The van der Waals surface area contributed by atoms with E-state index < -0.39 is 41.4 Å². The van der Waals surface area contributed by atoms with Crippen molar-refractivity contribution < 1.29 is 29.0 Å². The summed E-state index contributed by atoms with van der Waals surface area (Å²) in [7, 11) is 0. The van der Waals surface area contributed by atoms with E-state index in [1.165, 1.54) is 11.1 Å². The molecule has 1 heterocycles. The van der Waals surface area contributed by atoms with Gasteiger partial charge in [0, 0.05) is 36.1 Å². The molecule has 4 aliphatic carbocycles. The molecule has 9 heteroatoms. The van der Waals surface area contributed by atoms with Crippen molar-refractivity contribution in [1.29, 1.82) is 0 Å². The van der Waals surface area contributed by atoms with Gasteiger partial charge in [-0.1, -0.05) is 40.2 Å². The van der Waals surface area contributed by atoms with E-state index in [9.17, 15) is 19.5 Å². The molecule has 0 aliphatic heterocycles. The number of aromatic nitrogens is 2. The van der Waals surface area contributed by atoms with E-state index in [1.807, 2.05) is 24.7 Å². The Hall–Kier alpha value is -2.19. The van der Waals surface area contributed by atoms with Crippen LogP contribution in [0.4, 0.5) is 0 Å². The van der Waals surface area contributed by atoms with Crippen LogP contribution in [0, 0.1) is 34.5 Å². The van der Waals surface area contributed by atoms with Gasteiger partial charge in [-0.2, -0.15) is 5.10 Å². The lowest BCUT2D eigenvalue weighted by Gasteiger charge is -2.61. The third kappa shape index (κ3) is 4.03. The number of hydrogen-bond acceptors (Lipinski definition) is 7. The Morgan fingerprint density at radius 2 is 1.88 bits per heavy atom. The maximum Gasteiger partial charge on any atom is 0.306 e. The molecule has 0 saturated heterocycles. The fourth-order valence-electron chi connectivity index (χ4n) is 9.20. The predicted octanol–water partition coefficient (Wildman–Crippen LogP) is 4.73. The number of ether oxygens (including phenoxy) is 2. The van der Waals surface area contributed by atoms with Crippen molar-refractivity contribution in [2.75, 3.05) is 6.61 Å². The topological polar surface area (TPSA) is 108 Å². The number of alkyl halides is 1. The lowest BCUT2D eigenvalue weighted by Crippen LogP contribution is -2.66. The van der Waals surface area contributed by atoms with E-state index in [-0.39, 0.29) is 47.3 Å². The number of allylic oxidation sites excluding steroid dienone is 1. The molecule has 220 valence electrons. The molecule has 3 saturated carbocycles. The zero-order valence-electron chi connectivity index (χ0n) is 24.5. The maximum absolute atomic E-state index is 14.0. The monoisotopic (exact) mass is 574 g/mol. The summed E-state index contributed by atoms with van der Waals surface area (Å²) in [4.78, 5) is 38.9. The number of fused-ring (bicyclic) bond motifs is 6. The molecule has 0 spiro atoms. The zero-order chi connectivity index (χ0) is 29.2. The molecule has 0 amide bonds. The van der Waals surface area contributed by atoms with Gasteiger partial charge in [-0.15, -0.1) is 11.6 Å². The number of Topliss-reactive ketones (excluding diaryl/α,β-unsaturated/α-hetero) is 1. The fraction of sp³-hybridized carbons (Fsp3) is 0.742. The summed E-state index contributed by atoms with van der Waals surface area (Å²) >= 11 is 7.28. The van der Waals surface area contributed by atoms with Crippen molar-refractivity contribution in [3.05, 3.63) is 23.0 Å². The van der Waals surface area contributed by atoms with E-state index in [4.69, 9.17) is 21.1 Å². The highest BCUT2D eigenvalue weighted by Gasteiger charge is 2.74. The van der Waals surface area contributed by atoms with Crippen LogP contribution in [0.15, 0.2) is 11.8 Å². The number of hydrogen-bond donors (Lipinski definition) is 1. The minimum Gasteiger partial charge on any atom is -0.457 e. The number of rotatable bonds is 7. The Morgan fingerprint density at radius 1 is 1.18 bits per heavy atom. The van der Waals surface area contributed by atoms with E-state index in [2.05, 4.69) is 25.0 Å². The van der Waals surface area contributed by atoms with Gasteiger partial charge in [0.2, 0.25) is 5.78 Å². The fourth-order valence-corrected chi connectivity index (χ4v) is 9.70. The van der Waals surface area contributed by atoms with Gasteiger partial charge in [-0.05, 0) is 67.4 Å². The van der Waals surface area contributed by atoms with Gasteiger partial charge in [0.1, 0.15) is 0 Å². The second kappa shape index (κ2) is 10.3. The summed E-state index contributed by atoms with van der Waals surface area (Å²) in [5, 5.41) is 16.4. The molecule has 0 aromatic carbocycles. The second-order valence-corrected chi connectivity index (χ2v) is 13.5. The molecular formula is C31H43ClN2O6. The molecule has 1 aromatic rings. The predicted molar refractivity (Wildman–Crippen MR) is 150 cm³/mol. The molecule has 5 rings (SSSR count). The van der Waals surface area contributed by atoms with E-state index in [0.717, 1.165) is 18.7 Å². The van der Waals surface area contributed by atoms with Crippen LogP contribution in [0.25, 0.3) is 6.08 Å². The Kier molecular flexibility index (Phi) is 7.52. The van der Waals surface area contributed by atoms with Gasteiger partial charge in [-0.25, -0.2) is 0 Å². The summed E-state index contributed by atoms with van der Waals surface area (Å²) in [5.74, 6) is -1.97. The van der Waals surface area contributed by atoms with Crippen molar-refractivity contribution >= 4 is 35.4 Å². The molecule has 1 aromatic heterocycles. The molecule has 0 bridgehead atoms. The third-order valence-electron chi connectivity index (χ3n) is 11.0. The normalized spacial score (nSPS) is 39.8. The number of halogens is 1. The minimum atomic E-state index is -1.51. The maximum atomic E-state index is 14.0. The van der Waals surface area contributed by atoms with Crippen molar-refractivity contribution in [3.8, 4) is 0 Å². The zero-order valence-corrected chi connectivity index (χ0v) is 25.3. The first-order chi connectivity index (χ1) is 18.9. The first kappa shape index (κ1) is 29.3. The number of carbonyl (C=O) groups is 3. The van der Waals surface area contributed by atoms with E-state index in [0.29, 0.717) is 19.3 Å². The van der Waals surface area contributed by atoms with Crippen molar-refractivity contribution in [2.24, 2.45) is 34.5 Å². The van der Waals surface area contributed by atoms with Crippen LogP contribution in [0.1, 0.15) is 84.9 Å². The molecule has 3 fully saturated rings. The highest BCUT2D eigenvalue weighted by atomic mass is 35.5. The molecule has 4 aliphatic rings. The quantitative estimate of drug-likeness (QED) is 0.370. The number of aliphatic hydroxyl groups is 1. The van der Waals surface area contributed by atoms with Crippen LogP contribution in [0.2, 0.25) is 0 Å². The van der Waals surface area contributed by atoms with Crippen molar-refractivity contribution in [1.82, 2.24) is 9.78 Å². The Balaban J connectivity index is 1.57. The summed E-state index contributed by atoms with van der Waals surface area (Å²) < 4.78 is 13.5. The first-order valence-electron chi connectivity index (χ1n) is 14.9. The average molecular weight is 575 g/mol. The molecule has 1 N–H and O–H groups in total. The van der Waals surface area contributed by atoms with Gasteiger partial charge in [0.15, 0.2) is 12.2 Å². The highest BCUT2D eigenvalue weighted by molar-refractivity contribution is 6.21. The molecule has 40 heavy (non-hydrogen) atoms. The van der Waals surface area contributed by atoms with Crippen molar-refractivity contribution in [3.63, 3.8) is 0 Å². The van der Waals surface area contributed by atoms with Crippen LogP contribution >= 0.6 is 11.6 Å². The lowest BCUT2D eigenvalue weighted by atomic mass is 9.45. The molecule has 0 radical (unpaired) electrons. The Bertz CT molecular complexity index is 1240. The molecule has 8 nitrogen and oxygen atoms in total. The molecular weight excluding hydrogens is 532 g/mol. The smallest absolute Gasteiger partial charge is 0.306 e. The number of carbonyl (C=O) groups excluding carboxylic acids is 3. The minimum absolute atomic E-state index is 0.0629. The van der Waals surface area contributed by atoms with Crippen molar-refractivity contribution in [2.45, 2.75) is 104 Å². The van der Waals surface area contributed by atoms with Crippen LogP contribution in [-0.4, -0.2) is 56.3 Å². The molecule has 9 atom stereocenters. The van der Waals surface area contributed by atoms with Gasteiger partial charge < -0.3 is 14.6 Å². The highest BCUT2D eigenvalue weighted by Crippen LogP contribution is 2.70. The number of esters is 2. The second-order valence-electron chi connectivity index (χ2n) is 12.9. The van der Waals surface area contributed by atoms with E-state index in [1.54, 1.807) is 13.8 Å². The lowest BCUT2D eigenvalue weighted by molar-refractivity contribution is -0.207. The van der Waals surface area contributed by atoms with E-state index >= 15 is 0 Å². The van der Waals surface area contributed by atoms with Gasteiger partial charge in [0.05, 0.1) is 18.0 Å². The largest absolute Gasteiger partial charge is 0.457 e. The summed E-state index contributed by atoms with van der Waals surface area (Å²) in [6.07, 6.45) is 6.06. The average Bonchev–Trinajstić information content (AvgIpc) is 3.40. The van der Waals surface area contributed by atoms with Crippen LogP contribution in [0.5, 0.6) is 0 Å². The third-order valence-corrected chi connectivity index (χ3v) is 11.4. The Labute approximate surface area is 241 Å².